The van der Waals surface area contributed by atoms with Gasteiger partial charge in [-0.1, -0.05) is 0 Å². The Morgan fingerprint density at radius 3 is 3.07 bits per heavy atom. The number of ether oxygens (including phenoxy) is 1. The van der Waals surface area contributed by atoms with E-state index in [1.807, 2.05) is 6.92 Å². The van der Waals surface area contributed by atoms with Gasteiger partial charge in [0.1, 0.15) is 6.61 Å². The van der Waals surface area contributed by atoms with Gasteiger partial charge in [-0.15, -0.1) is 0 Å². The Bertz CT molecular complexity index is 190. The molecule has 0 saturated carbocycles. The summed E-state index contributed by atoms with van der Waals surface area (Å²) in [5.41, 5.74) is -0.776. The van der Waals surface area contributed by atoms with E-state index in [2.05, 4.69) is 10.6 Å². The van der Waals surface area contributed by atoms with Gasteiger partial charge in [-0.3, -0.25) is 4.79 Å². The van der Waals surface area contributed by atoms with Crippen LogP contribution in [0, 0.1) is 0 Å². The number of β-amino-alcohol motifs (C(OH)–C–C–N with tert-alkyl or cyclic N) is 1. The van der Waals surface area contributed by atoms with Crippen LogP contribution in [0.2, 0.25) is 0 Å². The van der Waals surface area contributed by atoms with Crippen molar-refractivity contribution in [1.82, 2.24) is 10.6 Å². The first kappa shape index (κ1) is 11.4. The van der Waals surface area contributed by atoms with Crippen molar-refractivity contribution in [1.29, 1.82) is 0 Å². The predicted molar refractivity (Wildman–Crippen MR) is 51.9 cm³/mol. The Morgan fingerprint density at radius 1 is 1.71 bits per heavy atom. The summed E-state index contributed by atoms with van der Waals surface area (Å²) in [7, 11) is 0. The molecule has 0 bridgehead atoms. The number of amides is 1. The van der Waals surface area contributed by atoms with E-state index in [-0.39, 0.29) is 12.5 Å². The normalized spacial score (nSPS) is 26.4. The van der Waals surface area contributed by atoms with Crippen LogP contribution in [-0.2, 0) is 9.53 Å². The average molecular weight is 202 g/mol. The molecule has 0 aromatic carbocycles. The molecule has 5 heteroatoms. The summed E-state index contributed by atoms with van der Waals surface area (Å²) in [6.45, 7) is 4.08. The van der Waals surface area contributed by atoms with Crippen molar-refractivity contribution in [3.63, 3.8) is 0 Å². The van der Waals surface area contributed by atoms with Crippen molar-refractivity contribution in [2.75, 3.05) is 32.8 Å². The van der Waals surface area contributed by atoms with Crippen LogP contribution in [0.1, 0.15) is 13.3 Å². The molecular formula is C9H18N2O3. The highest BCUT2D eigenvalue weighted by Gasteiger charge is 2.31. The fourth-order valence-electron chi connectivity index (χ4n) is 1.39. The zero-order chi connectivity index (χ0) is 10.4. The summed E-state index contributed by atoms with van der Waals surface area (Å²) in [4.78, 5) is 11.1. The van der Waals surface area contributed by atoms with Crippen LogP contribution in [0.15, 0.2) is 0 Å². The van der Waals surface area contributed by atoms with Gasteiger partial charge in [0.05, 0.1) is 5.60 Å². The lowest BCUT2D eigenvalue weighted by molar-refractivity contribution is -0.126. The molecule has 14 heavy (non-hydrogen) atoms. The molecule has 82 valence electrons. The fraction of sp³-hybridized carbons (Fsp3) is 0.889. The molecule has 1 rings (SSSR count). The van der Waals surface area contributed by atoms with Gasteiger partial charge < -0.3 is 20.5 Å². The number of hydrogen-bond donors (Lipinski definition) is 3. The molecule has 0 spiro atoms. The highest BCUT2D eigenvalue weighted by Crippen LogP contribution is 2.12. The molecule has 1 unspecified atom stereocenters. The highest BCUT2D eigenvalue weighted by atomic mass is 16.5. The lowest BCUT2D eigenvalue weighted by Gasteiger charge is -2.21. The Morgan fingerprint density at radius 2 is 2.50 bits per heavy atom. The molecule has 1 saturated heterocycles. The summed E-state index contributed by atoms with van der Waals surface area (Å²) in [6, 6.07) is 0. The summed E-state index contributed by atoms with van der Waals surface area (Å²) >= 11 is 0. The van der Waals surface area contributed by atoms with Crippen LogP contribution in [0.4, 0.5) is 0 Å². The number of rotatable bonds is 5. The molecule has 1 fully saturated rings. The molecule has 1 atom stereocenters. The number of carbonyl (C=O) groups is 1. The van der Waals surface area contributed by atoms with Crippen LogP contribution < -0.4 is 10.6 Å². The second-order valence-electron chi connectivity index (χ2n) is 3.56. The summed E-state index contributed by atoms with van der Waals surface area (Å²) < 4.78 is 4.93. The van der Waals surface area contributed by atoms with Crippen LogP contribution in [0.3, 0.4) is 0 Å². The van der Waals surface area contributed by atoms with E-state index in [4.69, 9.17) is 4.74 Å². The third-order valence-corrected chi connectivity index (χ3v) is 2.27. The van der Waals surface area contributed by atoms with Crippen molar-refractivity contribution in [2.24, 2.45) is 0 Å². The Labute approximate surface area is 83.8 Å². The number of nitrogens with one attached hydrogen (secondary N) is 2. The standard InChI is InChI=1S/C9H18N2O3/c1-2-14-5-8(12)11-7-9(13)3-4-10-6-9/h10,13H,2-7H2,1H3,(H,11,12). The number of aliphatic hydroxyl groups is 1. The minimum atomic E-state index is -0.776. The number of carbonyl (C=O) groups excluding carboxylic acids is 1. The third kappa shape index (κ3) is 3.61. The van der Waals surface area contributed by atoms with E-state index >= 15 is 0 Å². The maximum absolute atomic E-state index is 11.1. The summed E-state index contributed by atoms with van der Waals surface area (Å²) in [5.74, 6) is -0.174. The molecule has 1 amide bonds. The van der Waals surface area contributed by atoms with Crippen molar-refractivity contribution < 1.29 is 14.6 Å². The maximum atomic E-state index is 11.1. The smallest absolute Gasteiger partial charge is 0.246 e. The second kappa shape index (κ2) is 5.29. The third-order valence-electron chi connectivity index (χ3n) is 2.27. The maximum Gasteiger partial charge on any atom is 0.246 e. The minimum Gasteiger partial charge on any atom is -0.387 e. The van der Waals surface area contributed by atoms with Gasteiger partial charge in [0.2, 0.25) is 5.91 Å². The Hall–Kier alpha value is -0.650. The topological polar surface area (TPSA) is 70.6 Å². The SMILES string of the molecule is CCOCC(=O)NCC1(O)CCNC1. The molecule has 0 aromatic rings. The lowest BCUT2D eigenvalue weighted by Crippen LogP contribution is -2.45. The first-order valence-corrected chi connectivity index (χ1v) is 4.94. The van der Waals surface area contributed by atoms with Crippen molar-refractivity contribution in [3.05, 3.63) is 0 Å². The van der Waals surface area contributed by atoms with Crippen LogP contribution in [0.25, 0.3) is 0 Å². The largest absolute Gasteiger partial charge is 0.387 e. The van der Waals surface area contributed by atoms with Gasteiger partial charge in [0.15, 0.2) is 0 Å². The molecule has 1 aliphatic heterocycles. The summed E-state index contributed by atoms with van der Waals surface area (Å²) in [5, 5.41) is 15.5. The van der Waals surface area contributed by atoms with E-state index in [1.165, 1.54) is 0 Å². The highest BCUT2D eigenvalue weighted by molar-refractivity contribution is 5.77. The number of hydrogen-bond acceptors (Lipinski definition) is 4. The van der Waals surface area contributed by atoms with Gasteiger partial charge in [-0.05, 0) is 19.9 Å². The zero-order valence-electron chi connectivity index (χ0n) is 8.51. The van der Waals surface area contributed by atoms with Crippen LogP contribution >= 0.6 is 0 Å². The van der Waals surface area contributed by atoms with Crippen LogP contribution in [0.5, 0.6) is 0 Å². The van der Waals surface area contributed by atoms with Gasteiger partial charge >= 0.3 is 0 Å². The van der Waals surface area contributed by atoms with Crippen LogP contribution in [-0.4, -0.2) is 49.5 Å². The van der Waals surface area contributed by atoms with E-state index < -0.39 is 5.60 Å². The molecular weight excluding hydrogens is 184 g/mol. The van der Waals surface area contributed by atoms with Crippen molar-refractivity contribution in [2.45, 2.75) is 18.9 Å². The molecule has 1 aliphatic rings. The van der Waals surface area contributed by atoms with E-state index in [1.54, 1.807) is 0 Å². The molecule has 0 aliphatic carbocycles. The zero-order valence-corrected chi connectivity index (χ0v) is 8.51. The predicted octanol–water partition coefficient (Wildman–Crippen LogP) is -1.14. The second-order valence-corrected chi connectivity index (χ2v) is 3.56. The molecule has 3 N–H and O–H groups in total. The fourth-order valence-corrected chi connectivity index (χ4v) is 1.39. The molecule has 1 heterocycles. The lowest BCUT2D eigenvalue weighted by atomic mass is 10.0. The first-order valence-electron chi connectivity index (χ1n) is 4.94. The Kier molecular flexibility index (Phi) is 4.31. The first-order chi connectivity index (χ1) is 6.66. The summed E-state index contributed by atoms with van der Waals surface area (Å²) in [6.07, 6.45) is 0.682. The van der Waals surface area contributed by atoms with Crippen molar-refractivity contribution in [3.8, 4) is 0 Å². The average Bonchev–Trinajstić information content (AvgIpc) is 2.60. The van der Waals surface area contributed by atoms with Gasteiger partial charge in [-0.2, -0.15) is 0 Å². The van der Waals surface area contributed by atoms with Gasteiger partial charge in [0, 0.05) is 19.7 Å². The monoisotopic (exact) mass is 202 g/mol. The van der Waals surface area contributed by atoms with E-state index in [0.717, 1.165) is 6.54 Å². The van der Waals surface area contributed by atoms with E-state index in [0.29, 0.717) is 26.1 Å². The van der Waals surface area contributed by atoms with Gasteiger partial charge in [-0.25, -0.2) is 0 Å². The van der Waals surface area contributed by atoms with Gasteiger partial charge in [0.25, 0.3) is 0 Å². The Balaban J connectivity index is 2.15. The quantitative estimate of drug-likeness (QED) is 0.527. The molecule has 0 aromatic heterocycles. The van der Waals surface area contributed by atoms with Crippen molar-refractivity contribution >= 4 is 5.91 Å². The minimum absolute atomic E-state index is 0.0695. The molecule has 0 radical (unpaired) electrons. The molecule has 5 nitrogen and oxygen atoms in total. The van der Waals surface area contributed by atoms with E-state index in [9.17, 15) is 9.90 Å².